The van der Waals surface area contributed by atoms with Gasteiger partial charge in [-0.05, 0) is 31.2 Å². The predicted molar refractivity (Wildman–Crippen MR) is 91.6 cm³/mol. The number of anilines is 1. The number of carbonyl (C=O) groups excluding carboxylic acids is 1. The van der Waals surface area contributed by atoms with E-state index in [4.69, 9.17) is 11.6 Å². The Labute approximate surface area is 145 Å². The Morgan fingerprint density at radius 3 is 2.71 bits per heavy atom. The highest BCUT2D eigenvalue weighted by atomic mass is 35.5. The lowest BCUT2D eigenvalue weighted by Crippen LogP contribution is -2.12. The van der Waals surface area contributed by atoms with Gasteiger partial charge in [-0.1, -0.05) is 23.7 Å². The zero-order valence-electron chi connectivity index (χ0n) is 12.4. The van der Waals surface area contributed by atoms with Crippen molar-refractivity contribution in [3.05, 3.63) is 69.7 Å². The number of nitrogens with one attached hydrogen (secondary N) is 1. The summed E-state index contributed by atoms with van der Waals surface area (Å²) in [4.78, 5) is 17.1. The minimum Gasteiger partial charge on any atom is -0.319 e. The van der Waals surface area contributed by atoms with E-state index in [-0.39, 0.29) is 5.69 Å². The van der Waals surface area contributed by atoms with Gasteiger partial charge in [-0.25, -0.2) is 13.8 Å². The van der Waals surface area contributed by atoms with Crippen LogP contribution in [0.3, 0.4) is 0 Å². The smallest absolute Gasteiger partial charge is 0.267 e. The average Bonchev–Trinajstić information content (AvgIpc) is 2.92. The molecule has 3 rings (SSSR count). The Morgan fingerprint density at radius 2 is 2.00 bits per heavy atom. The van der Waals surface area contributed by atoms with E-state index in [9.17, 15) is 13.6 Å². The van der Waals surface area contributed by atoms with Crippen LogP contribution in [0.25, 0.3) is 10.6 Å². The van der Waals surface area contributed by atoms with Gasteiger partial charge in [0.15, 0.2) is 0 Å². The lowest BCUT2D eigenvalue weighted by molar-refractivity contribution is 0.102. The van der Waals surface area contributed by atoms with Gasteiger partial charge in [0, 0.05) is 16.7 Å². The van der Waals surface area contributed by atoms with Crippen LogP contribution in [0.4, 0.5) is 14.5 Å². The van der Waals surface area contributed by atoms with Crippen molar-refractivity contribution in [3.8, 4) is 10.6 Å². The highest BCUT2D eigenvalue weighted by Crippen LogP contribution is 2.30. The first-order valence-corrected chi connectivity index (χ1v) is 8.13. The molecule has 2 aromatic carbocycles. The van der Waals surface area contributed by atoms with Gasteiger partial charge in [0.2, 0.25) is 0 Å². The number of aryl methyl sites for hydroxylation is 1. The highest BCUT2D eigenvalue weighted by molar-refractivity contribution is 7.17. The van der Waals surface area contributed by atoms with Crippen molar-refractivity contribution in [1.82, 2.24) is 4.98 Å². The Balaban J connectivity index is 1.88. The fraction of sp³-hybridized carbons (Fsp3) is 0.0588. The van der Waals surface area contributed by atoms with Gasteiger partial charge < -0.3 is 5.32 Å². The topological polar surface area (TPSA) is 42.0 Å². The quantitative estimate of drug-likeness (QED) is 0.685. The number of carbonyl (C=O) groups is 1. The van der Waals surface area contributed by atoms with Crippen LogP contribution in [-0.4, -0.2) is 10.9 Å². The molecule has 0 radical (unpaired) electrons. The second-order valence-electron chi connectivity index (χ2n) is 5.02. The summed E-state index contributed by atoms with van der Waals surface area (Å²) in [5.41, 5.74) is 1.23. The average molecular weight is 365 g/mol. The normalized spacial score (nSPS) is 10.7. The standard InChI is InChI=1S/C17H11ClF2N2OS/c1-9-15(16(23)22-14-6-5-12(19)8-13(14)20)24-17(21-9)10-3-2-4-11(18)7-10/h2-8H,1H3,(H,22,23). The van der Waals surface area contributed by atoms with E-state index in [0.717, 1.165) is 11.6 Å². The van der Waals surface area contributed by atoms with Crippen LogP contribution in [0, 0.1) is 18.6 Å². The first kappa shape index (κ1) is 16.5. The third-order valence-corrected chi connectivity index (χ3v) is 4.69. The van der Waals surface area contributed by atoms with Crippen molar-refractivity contribution >= 4 is 34.5 Å². The first-order chi connectivity index (χ1) is 11.4. The number of rotatable bonds is 3. The highest BCUT2D eigenvalue weighted by Gasteiger charge is 2.18. The third-order valence-electron chi connectivity index (χ3n) is 3.25. The Kier molecular flexibility index (Phi) is 4.59. The minimum absolute atomic E-state index is 0.0847. The van der Waals surface area contributed by atoms with Crippen molar-refractivity contribution in [3.63, 3.8) is 0 Å². The maximum Gasteiger partial charge on any atom is 0.267 e. The molecule has 1 aromatic heterocycles. The number of hydrogen-bond acceptors (Lipinski definition) is 3. The van der Waals surface area contributed by atoms with Crippen LogP contribution in [-0.2, 0) is 0 Å². The molecular formula is C17H11ClF2N2OS. The number of aromatic nitrogens is 1. The molecule has 1 N–H and O–H groups in total. The lowest BCUT2D eigenvalue weighted by Gasteiger charge is -2.05. The molecule has 0 saturated heterocycles. The van der Waals surface area contributed by atoms with Crippen LogP contribution in [0.1, 0.15) is 15.4 Å². The van der Waals surface area contributed by atoms with Gasteiger partial charge in [-0.15, -0.1) is 11.3 Å². The number of halogens is 3. The fourth-order valence-electron chi connectivity index (χ4n) is 2.12. The molecule has 0 atom stereocenters. The molecule has 0 fully saturated rings. The van der Waals surface area contributed by atoms with Crippen molar-refractivity contribution in [2.75, 3.05) is 5.32 Å². The van der Waals surface area contributed by atoms with Crippen LogP contribution >= 0.6 is 22.9 Å². The summed E-state index contributed by atoms with van der Waals surface area (Å²) in [7, 11) is 0. The lowest BCUT2D eigenvalue weighted by atomic mass is 10.2. The molecule has 122 valence electrons. The van der Waals surface area contributed by atoms with Crippen LogP contribution in [0.15, 0.2) is 42.5 Å². The number of hydrogen-bond donors (Lipinski definition) is 1. The second kappa shape index (κ2) is 6.67. The summed E-state index contributed by atoms with van der Waals surface area (Å²) in [6, 6.07) is 10.1. The molecule has 0 aliphatic heterocycles. The fourth-order valence-corrected chi connectivity index (χ4v) is 3.27. The maximum absolute atomic E-state index is 13.7. The number of thiazole rings is 1. The van der Waals surface area contributed by atoms with E-state index >= 15 is 0 Å². The van der Waals surface area contributed by atoms with Gasteiger partial charge in [0.25, 0.3) is 5.91 Å². The van der Waals surface area contributed by atoms with Crippen molar-refractivity contribution in [1.29, 1.82) is 0 Å². The van der Waals surface area contributed by atoms with Gasteiger partial charge >= 0.3 is 0 Å². The van der Waals surface area contributed by atoms with Gasteiger partial charge in [-0.3, -0.25) is 4.79 Å². The molecule has 0 spiro atoms. The molecule has 24 heavy (non-hydrogen) atoms. The molecule has 3 aromatic rings. The first-order valence-electron chi connectivity index (χ1n) is 6.94. The summed E-state index contributed by atoms with van der Waals surface area (Å²) in [5, 5.41) is 3.64. The molecule has 1 heterocycles. The monoisotopic (exact) mass is 364 g/mol. The molecule has 3 nitrogen and oxygen atoms in total. The molecular weight excluding hydrogens is 354 g/mol. The van der Waals surface area contributed by atoms with Crippen molar-refractivity contribution in [2.45, 2.75) is 6.92 Å². The second-order valence-corrected chi connectivity index (χ2v) is 6.46. The Morgan fingerprint density at radius 1 is 1.21 bits per heavy atom. The summed E-state index contributed by atoms with van der Waals surface area (Å²) in [5.74, 6) is -2.04. The van der Waals surface area contributed by atoms with Crippen molar-refractivity contribution in [2.24, 2.45) is 0 Å². The van der Waals surface area contributed by atoms with E-state index in [1.807, 2.05) is 6.07 Å². The Hall–Kier alpha value is -2.31. The van der Waals surface area contributed by atoms with E-state index in [2.05, 4.69) is 10.3 Å². The Bertz CT molecular complexity index is 927. The summed E-state index contributed by atoms with van der Waals surface area (Å²) >= 11 is 7.15. The SMILES string of the molecule is Cc1nc(-c2cccc(Cl)c2)sc1C(=O)Nc1ccc(F)cc1F. The summed E-state index contributed by atoms with van der Waals surface area (Å²) in [6.07, 6.45) is 0. The number of nitrogens with zero attached hydrogens (tertiary/aromatic N) is 1. The van der Waals surface area contributed by atoms with Crippen LogP contribution < -0.4 is 5.32 Å². The van der Waals surface area contributed by atoms with Gasteiger partial charge in [0.1, 0.15) is 21.5 Å². The molecule has 1 amide bonds. The molecule has 0 aliphatic carbocycles. The maximum atomic E-state index is 13.7. The largest absolute Gasteiger partial charge is 0.319 e. The summed E-state index contributed by atoms with van der Waals surface area (Å²) < 4.78 is 26.6. The molecule has 0 bridgehead atoms. The van der Waals surface area contributed by atoms with E-state index in [1.165, 1.54) is 17.4 Å². The van der Waals surface area contributed by atoms with Gasteiger partial charge in [-0.2, -0.15) is 0 Å². The van der Waals surface area contributed by atoms with Crippen LogP contribution in [0.2, 0.25) is 5.02 Å². The van der Waals surface area contributed by atoms with E-state index in [1.54, 1.807) is 25.1 Å². The van der Waals surface area contributed by atoms with E-state index < -0.39 is 17.5 Å². The molecule has 7 heteroatoms. The third kappa shape index (κ3) is 3.44. The van der Waals surface area contributed by atoms with E-state index in [0.29, 0.717) is 26.7 Å². The molecule has 0 aliphatic rings. The number of benzene rings is 2. The minimum atomic E-state index is -0.833. The van der Waals surface area contributed by atoms with Crippen molar-refractivity contribution < 1.29 is 13.6 Å². The number of amides is 1. The molecule has 0 unspecified atom stereocenters. The van der Waals surface area contributed by atoms with Crippen LogP contribution in [0.5, 0.6) is 0 Å². The molecule has 0 saturated carbocycles. The zero-order chi connectivity index (χ0) is 17.3. The van der Waals surface area contributed by atoms with Gasteiger partial charge in [0.05, 0.1) is 11.4 Å². The zero-order valence-corrected chi connectivity index (χ0v) is 14.0. The predicted octanol–water partition coefficient (Wildman–Crippen LogP) is 5.30. The summed E-state index contributed by atoms with van der Waals surface area (Å²) in [6.45, 7) is 1.69.